The standard InChI is InChI=1S/C22H21N3O5.ClH/c1-29-20-12-18(13-21(14-20)30-2)23-22(26)15-24-9-7-17(8-10-24)11-16-3-5-19(6-4-16)25(27)28;/h3-10,12-14H,11,15H2,1-2H3;1H. The highest BCUT2D eigenvalue weighted by Crippen LogP contribution is 2.25. The summed E-state index contributed by atoms with van der Waals surface area (Å²) in [6, 6.07) is 15.5. The number of nitrogens with one attached hydrogen (secondary N) is 1. The number of amides is 1. The molecule has 0 saturated heterocycles. The normalized spacial score (nSPS) is 10.0. The van der Waals surface area contributed by atoms with Gasteiger partial charge in [-0.25, -0.2) is 0 Å². The van der Waals surface area contributed by atoms with Gasteiger partial charge in [0.1, 0.15) is 11.5 Å². The Kier molecular flexibility index (Phi) is 8.33. The number of nitro groups is 1. The van der Waals surface area contributed by atoms with Crippen molar-refractivity contribution in [1.29, 1.82) is 0 Å². The van der Waals surface area contributed by atoms with E-state index in [0.717, 1.165) is 11.1 Å². The fraction of sp³-hybridized carbons (Fsp3) is 0.182. The molecular formula is C22H22ClN3O5. The number of aromatic nitrogens is 1. The number of non-ortho nitro benzene ring substituents is 1. The number of hydrogen-bond acceptors (Lipinski definition) is 5. The van der Waals surface area contributed by atoms with E-state index >= 15 is 0 Å². The number of rotatable bonds is 8. The summed E-state index contributed by atoms with van der Waals surface area (Å²) in [6.45, 7) is 0.150. The molecule has 2 aromatic carbocycles. The van der Waals surface area contributed by atoms with Crippen molar-refractivity contribution in [2.75, 3.05) is 19.5 Å². The van der Waals surface area contributed by atoms with Crippen LogP contribution in [-0.2, 0) is 17.8 Å². The summed E-state index contributed by atoms with van der Waals surface area (Å²) < 4.78 is 12.2. The Bertz CT molecular complexity index is 1020. The predicted molar refractivity (Wildman–Crippen MR) is 111 cm³/mol. The number of benzene rings is 2. The molecule has 1 aromatic heterocycles. The summed E-state index contributed by atoms with van der Waals surface area (Å²) >= 11 is 0. The van der Waals surface area contributed by atoms with Crippen LogP contribution in [0.15, 0.2) is 67.0 Å². The van der Waals surface area contributed by atoms with E-state index in [1.807, 2.05) is 24.5 Å². The maximum Gasteiger partial charge on any atom is 0.290 e. The molecule has 0 aliphatic heterocycles. The molecule has 0 unspecified atom stereocenters. The molecule has 0 spiro atoms. The highest BCUT2D eigenvalue weighted by Gasteiger charge is 2.12. The molecule has 3 aromatic rings. The van der Waals surface area contributed by atoms with Crippen molar-refractivity contribution in [2.45, 2.75) is 13.0 Å². The SMILES string of the molecule is COc1cc(NC(=O)C[n+]2ccc(Cc3ccc([N+](=O)[O-])cc3)cc2)cc(OC)c1.[Cl-]. The van der Waals surface area contributed by atoms with Gasteiger partial charge in [0.2, 0.25) is 6.54 Å². The highest BCUT2D eigenvalue weighted by atomic mass is 35.5. The van der Waals surface area contributed by atoms with Gasteiger partial charge < -0.3 is 27.2 Å². The van der Waals surface area contributed by atoms with Gasteiger partial charge in [-0.15, -0.1) is 0 Å². The molecule has 0 bridgehead atoms. The van der Waals surface area contributed by atoms with E-state index in [4.69, 9.17) is 9.47 Å². The molecule has 1 heterocycles. The van der Waals surface area contributed by atoms with Gasteiger partial charge in [-0.05, 0) is 17.5 Å². The Hall–Kier alpha value is -3.65. The Morgan fingerprint density at radius 2 is 1.52 bits per heavy atom. The molecule has 0 fully saturated rings. The lowest BCUT2D eigenvalue weighted by atomic mass is 10.1. The zero-order chi connectivity index (χ0) is 21.5. The van der Waals surface area contributed by atoms with Crippen LogP contribution in [0.3, 0.4) is 0 Å². The first-order chi connectivity index (χ1) is 14.5. The minimum atomic E-state index is -0.415. The van der Waals surface area contributed by atoms with Crippen molar-refractivity contribution >= 4 is 17.3 Å². The van der Waals surface area contributed by atoms with Gasteiger partial charge >= 0.3 is 0 Å². The quantitative estimate of drug-likeness (QED) is 0.303. The van der Waals surface area contributed by atoms with Crippen molar-refractivity contribution < 1.29 is 36.2 Å². The molecule has 0 atom stereocenters. The van der Waals surface area contributed by atoms with Crippen molar-refractivity contribution in [3.63, 3.8) is 0 Å². The number of nitrogens with zero attached hydrogens (tertiary/aromatic N) is 2. The predicted octanol–water partition coefficient (Wildman–Crippen LogP) is 0.133. The fourth-order valence-electron chi connectivity index (χ4n) is 2.93. The Morgan fingerprint density at radius 3 is 2.03 bits per heavy atom. The number of anilines is 1. The summed E-state index contributed by atoms with van der Waals surface area (Å²) in [7, 11) is 3.10. The maximum absolute atomic E-state index is 12.4. The van der Waals surface area contributed by atoms with E-state index in [9.17, 15) is 14.9 Å². The van der Waals surface area contributed by atoms with Crippen LogP contribution in [0.25, 0.3) is 0 Å². The molecule has 3 rings (SSSR count). The largest absolute Gasteiger partial charge is 1.00 e. The monoisotopic (exact) mass is 443 g/mol. The van der Waals surface area contributed by atoms with E-state index in [-0.39, 0.29) is 30.5 Å². The van der Waals surface area contributed by atoms with Crippen LogP contribution in [0, 0.1) is 10.1 Å². The number of methoxy groups -OCH3 is 2. The third kappa shape index (κ3) is 6.68. The number of halogens is 1. The van der Waals surface area contributed by atoms with Crippen molar-refractivity contribution in [3.05, 3.63) is 88.2 Å². The van der Waals surface area contributed by atoms with Gasteiger partial charge in [0.25, 0.3) is 11.6 Å². The minimum absolute atomic E-state index is 0. The second-order valence-corrected chi connectivity index (χ2v) is 6.63. The zero-order valence-corrected chi connectivity index (χ0v) is 17.8. The lowest BCUT2D eigenvalue weighted by Gasteiger charge is -2.09. The molecule has 8 nitrogen and oxygen atoms in total. The number of carbonyl (C=O) groups excluding carboxylic acids is 1. The molecule has 31 heavy (non-hydrogen) atoms. The van der Waals surface area contributed by atoms with Gasteiger partial charge in [-0.1, -0.05) is 12.1 Å². The zero-order valence-electron chi connectivity index (χ0n) is 17.1. The van der Waals surface area contributed by atoms with Crippen molar-refractivity contribution in [3.8, 4) is 11.5 Å². The summed E-state index contributed by atoms with van der Waals surface area (Å²) in [4.78, 5) is 22.7. The first-order valence-electron chi connectivity index (χ1n) is 9.21. The second-order valence-electron chi connectivity index (χ2n) is 6.63. The fourth-order valence-corrected chi connectivity index (χ4v) is 2.93. The summed E-state index contributed by atoms with van der Waals surface area (Å²) in [5.74, 6) is 0.999. The maximum atomic E-state index is 12.4. The molecule has 1 amide bonds. The van der Waals surface area contributed by atoms with Crippen LogP contribution >= 0.6 is 0 Å². The summed E-state index contributed by atoms with van der Waals surface area (Å²) in [5.41, 5.74) is 2.68. The van der Waals surface area contributed by atoms with Crippen LogP contribution in [-0.4, -0.2) is 25.1 Å². The van der Waals surface area contributed by atoms with Crippen LogP contribution in [0.1, 0.15) is 11.1 Å². The van der Waals surface area contributed by atoms with Gasteiger partial charge in [0.15, 0.2) is 12.4 Å². The lowest BCUT2D eigenvalue weighted by molar-refractivity contribution is -0.684. The Balaban J connectivity index is 0.00000341. The number of carbonyl (C=O) groups is 1. The van der Waals surface area contributed by atoms with Crippen molar-refractivity contribution in [2.24, 2.45) is 0 Å². The molecule has 0 radical (unpaired) electrons. The van der Waals surface area contributed by atoms with Crippen LogP contribution in [0.2, 0.25) is 0 Å². The number of pyridine rings is 1. The molecule has 0 saturated carbocycles. The van der Waals surface area contributed by atoms with E-state index < -0.39 is 4.92 Å². The Labute approximate surface area is 186 Å². The minimum Gasteiger partial charge on any atom is -1.00 e. The highest BCUT2D eigenvalue weighted by molar-refractivity contribution is 5.90. The molecule has 0 aliphatic rings. The van der Waals surface area contributed by atoms with Crippen molar-refractivity contribution in [1.82, 2.24) is 0 Å². The third-order valence-corrected chi connectivity index (χ3v) is 4.48. The van der Waals surface area contributed by atoms with Gasteiger partial charge in [-0.3, -0.25) is 14.9 Å². The summed E-state index contributed by atoms with van der Waals surface area (Å²) in [5, 5.41) is 13.6. The van der Waals surface area contributed by atoms with E-state index in [2.05, 4.69) is 5.32 Å². The lowest BCUT2D eigenvalue weighted by Crippen LogP contribution is -3.00. The molecule has 162 valence electrons. The second kappa shape index (κ2) is 10.9. The average Bonchev–Trinajstić information content (AvgIpc) is 2.75. The number of nitro benzene ring substituents is 1. The van der Waals surface area contributed by atoms with Crippen LogP contribution in [0.5, 0.6) is 11.5 Å². The van der Waals surface area contributed by atoms with Gasteiger partial charge in [-0.2, -0.15) is 4.57 Å². The number of ether oxygens (including phenoxy) is 2. The van der Waals surface area contributed by atoms with Gasteiger partial charge in [0.05, 0.1) is 19.1 Å². The van der Waals surface area contributed by atoms with E-state index in [1.54, 1.807) is 49.1 Å². The van der Waals surface area contributed by atoms with E-state index in [1.165, 1.54) is 12.1 Å². The third-order valence-electron chi connectivity index (χ3n) is 4.48. The first-order valence-corrected chi connectivity index (χ1v) is 9.21. The molecular weight excluding hydrogens is 422 g/mol. The van der Waals surface area contributed by atoms with E-state index in [0.29, 0.717) is 23.6 Å². The van der Waals surface area contributed by atoms with Crippen LogP contribution < -0.4 is 31.8 Å². The average molecular weight is 444 g/mol. The molecule has 9 heteroatoms. The first kappa shape index (κ1) is 23.6. The molecule has 1 N–H and O–H groups in total. The summed E-state index contributed by atoms with van der Waals surface area (Å²) in [6.07, 6.45) is 4.30. The number of hydrogen-bond donors (Lipinski definition) is 1. The van der Waals surface area contributed by atoms with Gasteiger partial charge in [0, 0.05) is 48.2 Å². The van der Waals surface area contributed by atoms with Crippen LogP contribution in [0.4, 0.5) is 11.4 Å². The Morgan fingerprint density at radius 1 is 0.968 bits per heavy atom. The topological polar surface area (TPSA) is 94.6 Å². The molecule has 0 aliphatic carbocycles. The smallest absolute Gasteiger partial charge is 0.290 e.